The SMILES string of the molecule is C[C@H]1[C@H]2[C@H]3C[C@H](N[C@@H]3C(=O)N[C@H](C#N)Cc3ccc(-c4ccc5c(cnn5C)c4)cc3F)[C@@H]12. The van der Waals surface area contributed by atoms with Crippen LogP contribution in [-0.4, -0.2) is 33.8 Å². The number of nitrogens with zero attached hydrogens (tertiary/aromatic N) is 3. The number of aryl methyl sites for hydroxylation is 1. The van der Waals surface area contributed by atoms with Gasteiger partial charge in [-0.05, 0) is 65.0 Å². The Bertz CT molecular complexity index is 1310. The third-order valence-corrected chi connectivity index (χ3v) is 8.14. The first kappa shape index (κ1) is 20.4. The van der Waals surface area contributed by atoms with Crippen LogP contribution in [0.4, 0.5) is 4.39 Å². The second kappa shape index (κ2) is 7.39. The summed E-state index contributed by atoms with van der Waals surface area (Å²) in [4.78, 5) is 12.9. The van der Waals surface area contributed by atoms with Gasteiger partial charge >= 0.3 is 0 Å². The summed E-state index contributed by atoms with van der Waals surface area (Å²) in [6.07, 6.45) is 2.98. The Balaban J connectivity index is 1.15. The van der Waals surface area contributed by atoms with E-state index in [1.54, 1.807) is 16.9 Å². The Hall–Kier alpha value is -3.24. The third-order valence-electron chi connectivity index (χ3n) is 8.14. The standard InChI is InChI=1S/C26H26FN5O/c1-13-23-19-10-21(24(13)23)31-25(19)26(33)30-18(11-28)8-16-4-3-15(9-20(16)27)14-5-6-22-17(7-14)12-29-32(22)2/h3-7,9,12-13,18-19,21,23-25,31H,8,10H2,1-2H3,(H,30,33)/t13-,18-,19+,21-,23-,24+,25-/m0/s1. The quantitative estimate of drug-likeness (QED) is 0.635. The molecule has 33 heavy (non-hydrogen) atoms. The average molecular weight is 444 g/mol. The van der Waals surface area contributed by atoms with Crippen LogP contribution in [0.15, 0.2) is 42.6 Å². The summed E-state index contributed by atoms with van der Waals surface area (Å²) >= 11 is 0. The van der Waals surface area contributed by atoms with Crippen molar-refractivity contribution in [1.82, 2.24) is 20.4 Å². The van der Waals surface area contributed by atoms with E-state index in [9.17, 15) is 14.4 Å². The lowest BCUT2D eigenvalue weighted by Gasteiger charge is -2.23. The summed E-state index contributed by atoms with van der Waals surface area (Å²) in [6.45, 7) is 2.26. The molecule has 0 unspecified atom stereocenters. The van der Waals surface area contributed by atoms with E-state index in [2.05, 4.69) is 28.7 Å². The normalized spacial score (nSPS) is 30.1. The molecule has 6 nitrogen and oxygen atoms in total. The summed E-state index contributed by atoms with van der Waals surface area (Å²) in [5.41, 5.74) is 3.10. The number of nitriles is 1. The Kier molecular flexibility index (Phi) is 4.56. The summed E-state index contributed by atoms with van der Waals surface area (Å²) in [5.74, 6) is 1.91. The van der Waals surface area contributed by atoms with Crippen molar-refractivity contribution in [3.8, 4) is 17.2 Å². The van der Waals surface area contributed by atoms with Crippen molar-refractivity contribution in [3.05, 3.63) is 54.0 Å². The largest absolute Gasteiger partial charge is 0.339 e. The van der Waals surface area contributed by atoms with Crippen LogP contribution in [0.25, 0.3) is 22.0 Å². The van der Waals surface area contributed by atoms with Gasteiger partial charge in [0.05, 0.1) is 23.8 Å². The molecule has 2 N–H and O–H groups in total. The number of fused-ring (bicyclic) bond motifs is 6. The van der Waals surface area contributed by atoms with Gasteiger partial charge in [-0.1, -0.05) is 25.1 Å². The number of hydrogen-bond acceptors (Lipinski definition) is 4. The number of piperidine rings is 1. The zero-order chi connectivity index (χ0) is 22.9. The third kappa shape index (κ3) is 3.24. The number of hydrogen-bond donors (Lipinski definition) is 2. The predicted octanol–water partition coefficient (Wildman–Crippen LogP) is 3.17. The molecule has 6 rings (SSSR count). The highest BCUT2D eigenvalue weighted by Gasteiger charge is 2.67. The number of halogens is 1. The van der Waals surface area contributed by atoms with Crippen LogP contribution < -0.4 is 10.6 Å². The van der Waals surface area contributed by atoms with Crippen molar-refractivity contribution in [1.29, 1.82) is 5.26 Å². The molecule has 7 heteroatoms. The highest BCUT2D eigenvalue weighted by Crippen LogP contribution is 2.64. The molecule has 2 aliphatic carbocycles. The number of nitrogens with one attached hydrogen (secondary N) is 2. The van der Waals surface area contributed by atoms with Gasteiger partial charge in [0.15, 0.2) is 0 Å². The second-order valence-corrected chi connectivity index (χ2v) is 9.91. The lowest BCUT2D eigenvalue weighted by atomic mass is 9.94. The first-order chi connectivity index (χ1) is 15.9. The van der Waals surface area contributed by atoms with Gasteiger partial charge in [-0.3, -0.25) is 9.48 Å². The van der Waals surface area contributed by atoms with E-state index in [0.29, 0.717) is 29.4 Å². The molecule has 1 aromatic heterocycles. The van der Waals surface area contributed by atoms with Crippen LogP contribution in [0.1, 0.15) is 18.9 Å². The zero-order valence-corrected chi connectivity index (χ0v) is 18.6. The fourth-order valence-electron chi connectivity index (χ4n) is 6.45. The molecule has 0 radical (unpaired) electrons. The van der Waals surface area contributed by atoms with Crippen LogP contribution in [0.5, 0.6) is 0 Å². The minimum atomic E-state index is -0.766. The molecular formula is C26H26FN5O. The molecular weight excluding hydrogens is 417 g/mol. The number of amides is 1. The molecule has 2 bridgehead atoms. The molecule has 3 aromatic rings. The Labute approximate surface area is 191 Å². The molecule has 1 aliphatic heterocycles. The molecule has 2 heterocycles. The van der Waals surface area contributed by atoms with E-state index in [0.717, 1.165) is 34.4 Å². The summed E-state index contributed by atoms with van der Waals surface area (Å²) in [5, 5.41) is 21.2. The van der Waals surface area contributed by atoms with Crippen LogP contribution in [-0.2, 0) is 18.3 Å². The molecule has 0 spiro atoms. The molecule has 1 saturated heterocycles. The van der Waals surface area contributed by atoms with Crippen molar-refractivity contribution in [2.75, 3.05) is 0 Å². The van der Waals surface area contributed by atoms with E-state index < -0.39 is 6.04 Å². The average Bonchev–Trinajstić information content (AvgIpc) is 3.16. The van der Waals surface area contributed by atoms with Crippen LogP contribution in [0.2, 0.25) is 0 Å². The van der Waals surface area contributed by atoms with Crippen molar-refractivity contribution in [2.24, 2.45) is 30.7 Å². The molecule has 1 amide bonds. The summed E-state index contributed by atoms with van der Waals surface area (Å²) in [6, 6.07) is 12.5. The molecule has 7 atom stereocenters. The van der Waals surface area contributed by atoms with Gasteiger partial charge in [-0.25, -0.2) is 4.39 Å². The lowest BCUT2D eigenvalue weighted by molar-refractivity contribution is -0.124. The maximum atomic E-state index is 15.0. The summed E-state index contributed by atoms with van der Waals surface area (Å²) < 4.78 is 16.8. The van der Waals surface area contributed by atoms with E-state index in [1.165, 1.54) is 6.07 Å². The maximum Gasteiger partial charge on any atom is 0.238 e. The van der Waals surface area contributed by atoms with Crippen LogP contribution >= 0.6 is 0 Å². The lowest BCUT2D eigenvalue weighted by Crippen LogP contribution is -2.51. The van der Waals surface area contributed by atoms with Gasteiger partial charge in [-0.2, -0.15) is 10.4 Å². The van der Waals surface area contributed by atoms with E-state index in [1.807, 2.05) is 31.3 Å². The number of benzene rings is 2. The first-order valence-electron chi connectivity index (χ1n) is 11.6. The van der Waals surface area contributed by atoms with Crippen molar-refractivity contribution in [2.45, 2.75) is 37.9 Å². The Morgan fingerprint density at radius 3 is 2.85 bits per heavy atom. The number of carbonyl (C=O) groups excluding carboxylic acids is 1. The Morgan fingerprint density at radius 2 is 2.09 bits per heavy atom. The fraction of sp³-hybridized carbons (Fsp3) is 0.423. The van der Waals surface area contributed by atoms with Crippen LogP contribution in [0.3, 0.4) is 0 Å². The summed E-state index contributed by atoms with van der Waals surface area (Å²) in [7, 11) is 1.89. The molecule has 3 aliphatic rings. The van der Waals surface area contributed by atoms with Crippen molar-refractivity contribution < 1.29 is 9.18 Å². The first-order valence-corrected chi connectivity index (χ1v) is 11.6. The van der Waals surface area contributed by atoms with Gasteiger partial charge in [0.25, 0.3) is 0 Å². The van der Waals surface area contributed by atoms with Crippen molar-refractivity contribution in [3.63, 3.8) is 0 Å². The highest BCUT2D eigenvalue weighted by molar-refractivity contribution is 5.85. The topological polar surface area (TPSA) is 82.7 Å². The zero-order valence-electron chi connectivity index (χ0n) is 18.6. The van der Waals surface area contributed by atoms with Crippen molar-refractivity contribution >= 4 is 16.8 Å². The monoisotopic (exact) mass is 443 g/mol. The highest BCUT2D eigenvalue weighted by atomic mass is 19.1. The number of rotatable bonds is 5. The van der Waals surface area contributed by atoms with Gasteiger partial charge in [0.1, 0.15) is 11.9 Å². The van der Waals surface area contributed by atoms with E-state index in [4.69, 9.17) is 0 Å². The molecule has 3 fully saturated rings. The number of carbonyl (C=O) groups is 1. The van der Waals surface area contributed by atoms with Gasteiger partial charge in [0.2, 0.25) is 5.91 Å². The second-order valence-electron chi connectivity index (χ2n) is 9.91. The van der Waals surface area contributed by atoms with E-state index >= 15 is 0 Å². The molecule has 2 saturated carbocycles. The molecule has 168 valence electrons. The van der Waals surface area contributed by atoms with E-state index in [-0.39, 0.29) is 24.2 Å². The van der Waals surface area contributed by atoms with Crippen LogP contribution in [0, 0.1) is 40.8 Å². The smallest absolute Gasteiger partial charge is 0.238 e. The van der Waals surface area contributed by atoms with Gasteiger partial charge in [-0.15, -0.1) is 0 Å². The molecule has 2 aromatic carbocycles. The maximum absolute atomic E-state index is 15.0. The Morgan fingerprint density at radius 1 is 1.30 bits per heavy atom. The van der Waals surface area contributed by atoms with Gasteiger partial charge in [0, 0.05) is 24.9 Å². The fourth-order valence-corrected chi connectivity index (χ4v) is 6.45. The predicted molar refractivity (Wildman–Crippen MR) is 122 cm³/mol. The number of aromatic nitrogens is 2. The minimum absolute atomic E-state index is 0.131. The van der Waals surface area contributed by atoms with Gasteiger partial charge < -0.3 is 10.6 Å². The minimum Gasteiger partial charge on any atom is -0.339 e.